The predicted molar refractivity (Wildman–Crippen MR) is 126 cm³/mol. The maximum absolute atomic E-state index is 12.3. The number of carbonyl (C=O) groups is 1. The predicted octanol–water partition coefficient (Wildman–Crippen LogP) is 4.06. The number of para-hydroxylation sites is 2. The Morgan fingerprint density at radius 2 is 2.00 bits per heavy atom. The van der Waals surface area contributed by atoms with E-state index in [0.29, 0.717) is 24.7 Å². The highest BCUT2D eigenvalue weighted by molar-refractivity contribution is 7.99. The fourth-order valence-electron chi connectivity index (χ4n) is 3.39. The first-order chi connectivity index (χ1) is 15.8. The summed E-state index contributed by atoms with van der Waals surface area (Å²) in [4.78, 5) is 16.7. The first-order valence-corrected chi connectivity index (χ1v) is 11.6. The van der Waals surface area contributed by atoms with Crippen molar-refractivity contribution in [1.82, 2.24) is 25.1 Å². The third-order valence-corrected chi connectivity index (χ3v) is 5.92. The Hall–Kier alpha value is -3.39. The van der Waals surface area contributed by atoms with Gasteiger partial charge in [-0.2, -0.15) is 0 Å². The van der Waals surface area contributed by atoms with Gasteiger partial charge in [0.05, 0.1) is 18.0 Å². The van der Waals surface area contributed by atoms with Gasteiger partial charge in [-0.3, -0.25) is 14.3 Å². The molecule has 2 heterocycles. The SMILES string of the molecule is CCc1ccccc1-n1cnnc1SCC(=O)NCCCOc1cccc2cccnc12. The van der Waals surface area contributed by atoms with E-state index in [2.05, 4.69) is 33.5 Å². The first-order valence-electron chi connectivity index (χ1n) is 10.6. The van der Waals surface area contributed by atoms with Crippen LogP contribution in [0.1, 0.15) is 18.9 Å². The molecule has 4 rings (SSSR count). The second kappa shape index (κ2) is 10.8. The largest absolute Gasteiger partial charge is 0.491 e. The second-order valence-electron chi connectivity index (χ2n) is 7.14. The van der Waals surface area contributed by atoms with Crippen LogP contribution in [0.2, 0.25) is 0 Å². The van der Waals surface area contributed by atoms with Gasteiger partial charge in [-0.15, -0.1) is 10.2 Å². The molecule has 0 bridgehead atoms. The van der Waals surface area contributed by atoms with Crippen molar-refractivity contribution in [3.05, 3.63) is 72.7 Å². The molecule has 2 aromatic carbocycles. The smallest absolute Gasteiger partial charge is 0.230 e. The lowest BCUT2D eigenvalue weighted by atomic mass is 10.1. The van der Waals surface area contributed by atoms with Crippen LogP contribution < -0.4 is 10.1 Å². The number of thioether (sulfide) groups is 1. The van der Waals surface area contributed by atoms with Crippen molar-refractivity contribution in [3.63, 3.8) is 0 Å². The van der Waals surface area contributed by atoms with E-state index in [4.69, 9.17) is 4.74 Å². The van der Waals surface area contributed by atoms with Gasteiger partial charge >= 0.3 is 0 Å². The summed E-state index contributed by atoms with van der Waals surface area (Å²) in [5, 5.41) is 12.9. The summed E-state index contributed by atoms with van der Waals surface area (Å²) >= 11 is 1.38. The van der Waals surface area contributed by atoms with E-state index in [1.165, 1.54) is 17.3 Å². The lowest BCUT2D eigenvalue weighted by Crippen LogP contribution is -2.27. The van der Waals surface area contributed by atoms with Crippen LogP contribution in [0.5, 0.6) is 5.75 Å². The number of nitrogens with one attached hydrogen (secondary N) is 1. The topological polar surface area (TPSA) is 81.9 Å². The summed E-state index contributed by atoms with van der Waals surface area (Å²) in [7, 11) is 0. The Balaban J connectivity index is 1.22. The van der Waals surface area contributed by atoms with E-state index < -0.39 is 0 Å². The Bertz CT molecular complexity index is 1190. The molecule has 0 aliphatic heterocycles. The molecule has 0 aliphatic rings. The summed E-state index contributed by atoms with van der Waals surface area (Å²) in [6.07, 6.45) is 5.07. The number of fused-ring (bicyclic) bond motifs is 1. The van der Waals surface area contributed by atoms with Crippen molar-refractivity contribution in [3.8, 4) is 11.4 Å². The molecule has 0 radical (unpaired) electrons. The minimum absolute atomic E-state index is 0.0415. The minimum Gasteiger partial charge on any atom is -0.491 e. The highest BCUT2D eigenvalue weighted by Gasteiger charge is 2.12. The molecule has 0 unspecified atom stereocenters. The van der Waals surface area contributed by atoms with Gasteiger partial charge in [-0.1, -0.05) is 55.1 Å². The highest BCUT2D eigenvalue weighted by atomic mass is 32.2. The lowest BCUT2D eigenvalue weighted by molar-refractivity contribution is -0.118. The number of pyridine rings is 1. The van der Waals surface area contributed by atoms with E-state index in [9.17, 15) is 4.79 Å². The van der Waals surface area contributed by atoms with Crippen LogP contribution in [-0.4, -0.2) is 44.6 Å². The summed E-state index contributed by atoms with van der Waals surface area (Å²) in [5.41, 5.74) is 3.10. The number of hydrogen-bond donors (Lipinski definition) is 1. The van der Waals surface area contributed by atoms with Gasteiger partial charge in [0.2, 0.25) is 5.91 Å². The first kappa shape index (κ1) is 21.8. The Labute approximate surface area is 191 Å². The van der Waals surface area contributed by atoms with Crippen molar-refractivity contribution in [1.29, 1.82) is 0 Å². The van der Waals surface area contributed by atoms with Crippen LogP contribution >= 0.6 is 11.8 Å². The number of rotatable bonds is 10. The molecule has 0 saturated carbocycles. The van der Waals surface area contributed by atoms with Gasteiger partial charge in [0.15, 0.2) is 5.16 Å². The molecule has 2 aromatic heterocycles. The van der Waals surface area contributed by atoms with Crippen molar-refractivity contribution in [2.75, 3.05) is 18.9 Å². The Kier molecular flexibility index (Phi) is 7.34. The van der Waals surface area contributed by atoms with Gasteiger partial charge in [0.25, 0.3) is 0 Å². The third-order valence-electron chi connectivity index (χ3n) is 4.98. The molecule has 4 aromatic rings. The number of carbonyl (C=O) groups excluding carboxylic acids is 1. The summed E-state index contributed by atoms with van der Waals surface area (Å²) in [6, 6.07) is 17.9. The number of ether oxygens (including phenoxy) is 1. The molecule has 0 atom stereocenters. The normalized spacial score (nSPS) is 10.9. The van der Waals surface area contributed by atoms with Gasteiger partial charge < -0.3 is 10.1 Å². The van der Waals surface area contributed by atoms with E-state index in [1.807, 2.05) is 53.1 Å². The number of aryl methyl sites for hydroxylation is 1. The molecule has 0 saturated heterocycles. The van der Waals surface area contributed by atoms with E-state index in [1.54, 1.807) is 12.5 Å². The summed E-state index contributed by atoms with van der Waals surface area (Å²) < 4.78 is 7.80. The molecule has 0 fully saturated rings. The van der Waals surface area contributed by atoms with Crippen LogP contribution in [0.4, 0.5) is 0 Å². The molecule has 1 amide bonds. The molecule has 0 spiro atoms. The Morgan fingerprint density at radius 1 is 1.12 bits per heavy atom. The van der Waals surface area contributed by atoms with Crippen LogP contribution in [-0.2, 0) is 11.2 Å². The molecule has 0 aliphatic carbocycles. The van der Waals surface area contributed by atoms with Crippen molar-refractivity contribution in [2.24, 2.45) is 0 Å². The van der Waals surface area contributed by atoms with Gasteiger partial charge in [-0.25, -0.2) is 0 Å². The van der Waals surface area contributed by atoms with Gasteiger partial charge in [0.1, 0.15) is 17.6 Å². The van der Waals surface area contributed by atoms with Crippen LogP contribution in [0, 0.1) is 0 Å². The fraction of sp³-hybridized carbons (Fsp3) is 0.250. The average Bonchev–Trinajstić information content (AvgIpc) is 3.31. The van der Waals surface area contributed by atoms with Crippen molar-refractivity contribution >= 4 is 28.6 Å². The highest BCUT2D eigenvalue weighted by Crippen LogP contribution is 2.23. The number of nitrogens with zero attached hydrogens (tertiary/aromatic N) is 4. The average molecular weight is 448 g/mol. The van der Waals surface area contributed by atoms with Gasteiger partial charge in [-0.05, 0) is 36.6 Å². The summed E-state index contributed by atoms with van der Waals surface area (Å²) in [5.74, 6) is 0.998. The number of benzene rings is 2. The quantitative estimate of drug-likeness (QED) is 0.292. The third kappa shape index (κ3) is 5.26. The zero-order valence-electron chi connectivity index (χ0n) is 17.9. The summed E-state index contributed by atoms with van der Waals surface area (Å²) in [6.45, 7) is 3.16. The molecular formula is C24H25N5O2S. The molecule has 164 valence electrons. The standard InChI is InChI=1S/C24H25N5O2S/c1-2-18-8-3-4-11-20(18)29-17-27-28-24(29)32-16-22(30)25-14-7-15-31-21-12-5-9-19-10-6-13-26-23(19)21/h3-6,8-13,17H,2,7,14-16H2,1H3,(H,25,30). The molecule has 8 heteroatoms. The van der Waals surface area contributed by atoms with E-state index in [0.717, 1.165) is 28.8 Å². The maximum Gasteiger partial charge on any atom is 0.230 e. The minimum atomic E-state index is -0.0415. The molecule has 7 nitrogen and oxygen atoms in total. The zero-order chi connectivity index (χ0) is 22.2. The van der Waals surface area contributed by atoms with Crippen LogP contribution in [0.25, 0.3) is 16.6 Å². The number of amides is 1. The van der Waals surface area contributed by atoms with Crippen molar-refractivity contribution in [2.45, 2.75) is 24.9 Å². The molecule has 1 N–H and O–H groups in total. The Morgan fingerprint density at radius 3 is 2.91 bits per heavy atom. The lowest BCUT2D eigenvalue weighted by Gasteiger charge is -2.11. The van der Waals surface area contributed by atoms with Crippen LogP contribution in [0.15, 0.2) is 72.3 Å². The molecule has 32 heavy (non-hydrogen) atoms. The van der Waals surface area contributed by atoms with E-state index >= 15 is 0 Å². The van der Waals surface area contributed by atoms with Crippen LogP contribution in [0.3, 0.4) is 0 Å². The number of hydrogen-bond acceptors (Lipinski definition) is 6. The maximum atomic E-state index is 12.3. The monoisotopic (exact) mass is 447 g/mol. The van der Waals surface area contributed by atoms with E-state index in [-0.39, 0.29) is 11.7 Å². The number of aromatic nitrogens is 4. The second-order valence-corrected chi connectivity index (χ2v) is 8.08. The van der Waals surface area contributed by atoms with Gasteiger partial charge in [0, 0.05) is 18.1 Å². The molecular weight excluding hydrogens is 422 g/mol. The zero-order valence-corrected chi connectivity index (χ0v) is 18.7. The fourth-order valence-corrected chi connectivity index (χ4v) is 4.14. The van der Waals surface area contributed by atoms with Crippen molar-refractivity contribution < 1.29 is 9.53 Å².